The van der Waals surface area contributed by atoms with E-state index in [1.165, 1.54) is 0 Å². The van der Waals surface area contributed by atoms with Gasteiger partial charge in [0.1, 0.15) is 12.4 Å². The van der Waals surface area contributed by atoms with Crippen LogP contribution in [0.1, 0.15) is 25.3 Å². The standard InChI is InChI=1S/C15H26N6O3/c1-2-3-11(15(22)23)12(14(20-17)21-18)8-10-4-5-13(19-9-10)24-7-6-16/h4-5,9,11-12H,2-3,6-8,16-18H2,1H3,(H,20,21)(H,22,23)/t11-,12?/m0/s1. The van der Waals surface area contributed by atoms with E-state index in [9.17, 15) is 9.90 Å². The molecule has 24 heavy (non-hydrogen) atoms. The number of nitrogens with two attached hydrogens (primary N) is 3. The van der Waals surface area contributed by atoms with Crippen LogP contribution in [0.2, 0.25) is 0 Å². The van der Waals surface area contributed by atoms with E-state index in [2.05, 4.69) is 15.5 Å². The monoisotopic (exact) mass is 338 g/mol. The van der Waals surface area contributed by atoms with Crippen molar-refractivity contribution in [2.45, 2.75) is 26.2 Å². The van der Waals surface area contributed by atoms with Gasteiger partial charge in [0.25, 0.3) is 0 Å². The number of carboxylic acid groups (broad SMARTS) is 1. The van der Waals surface area contributed by atoms with Crippen LogP contribution >= 0.6 is 0 Å². The summed E-state index contributed by atoms with van der Waals surface area (Å²) in [6.45, 7) is 2.71. The van der Waals surface area contributed by atoms with Crippen LogP contribution in [-0.2, 0) is 11.2 Å². The van der Waals surface area contributed by atoms with Gasteiger partial charge >= 0.3 is 5.97 Å². The molecule has 1 unspecified atom stereocenters. The summed E-state index contributed by atoms with van der Waals surface area (Å²) in [6.07, 6.45) is 3.24. The highest BCUT2D eigenvalue weighted by Gasteiger charge is 2.31. The SMILES string of the molecule is CCC[C@H](C(=O)O)C(Cc1ccc(OCCN)nc1)/C(=N/N)NN. The van der Waals surface area contributed by atoms with Crippen LogP contribution in [0, 0.1) is 11.8 Å². The first-order valence-electron chi connectivity index (χ1n) is 7.82. The van der Waals surface area contributed by atoms with Gasteiger partial charge in [-0.1, -0.05) is 19.4 Å². The molecule has 0 aliphatic carbocycles. The van der Waals surface area contributed by atoms with Gasteiger partial charge in [-0.05, 0) is 18.4 Å². The Morgan fingerprint density at radius 1 is 1.46 bits per heavy atom. The van der Waals surface area contributed by atoms with Crippen molar-refractivity contribution in [1.82, 2.24) is 10.4 Å². The maximum Gasteiger partial charge on any atom is 0.307 e. The summed E-state index contributed by atoms with van der Waals surface area (Å²) in [7, 11) is 0. The number of amidine groups is 1. The number of carboxylic acids is 1. The molecule has 1 rings (SSSR count). The molecule has 1 heterocycles. The fraction of sp³-hybridized carbons (Fsp3) is 0.533. The van der Waals surface area contributed by atoms with Crippen LogP contribution in [0.5, 0.6) is 5.88 Å². The lowest BCUT2D eigenvalue weighted by Crippen LogP contribution is -2.43. The Morgan fingerprint density at radius 2 is 2.21 bits per heavy atom. The number of nitrogens with zero attached hydrogens (tertiary/aromatic N) is 2. The zero-order valence-electron chi connectivity index (χ0n) is 13.8. The summed E-state index contributed by atoms with van der Waals surface area (Å²) in [5, 5.41) is 13.1. The van der Waals surface area contributed by atoms with Crippen molar-refractivity contribution >= 4 is 11.8 Å². The first-order valence-corrected chi connectivity index (χ1v) is 7.82. The van der Waals surface area contributed by atoms with Gasteiger partial charge < -0.3 is 26.8 Å². The zero-order chi connectivity index (χ0) is 17.9. The van der Waals surface area contributed by atoms with E-state index in [1.54, 1.807) is 12.3 Å². The van der Waals surface area contributed by atoms with Crippen molar-refractivity contribution in [2.24, 2.45) is 34.4 Å². The first kappa shape index (κ1) is 19.7. The number of ether oxygens (including phenoxy) is 1. The van der Waals surface area contributed by atoms with E-state index in [0.717, 1.165) is 12.0 Å². The Balaban J connectivity index is 2.97. The molecular weight excluding hydrogens is 312 g/mol. The predicted molar refractivity (Wildman–Crippen MR) is 91.0 cm³/mol. The number of nitrogens with one attached hydrogen (secondary N) is 1. The van der Waals surface area contributed by atoms with Gasteiger partial charge in [0.2, 0.25) is 5.88 Å². The number of carbonyl (C=O) groups is 1. The van der Waals surface area contributed by atoms with Crippen LogP contribution in [0.25, 0.3) is 0 Å². The van der Waals surface area contributed by atoms with Crippen LogP contribution < -0.4 is 27.6 Å². The van der Waals surface area contributed by atoms with E-state index in [1.807, 2.05) is 13.0 Å². The number of hydrogen-bond acceptors (Lipinski definition) is 7. The quantitative estimate of drug-likeness (QED) is 0.170. The van der Waals surface area contributed by atoms with Crippen LogP contribution in [0.4, 0.5) is 0 Å². The van der Waals surface area contributed by atoms with Gasteiger partial charge in [-0.3, -0.25) is 4.79 Å². The number of aromatic nitrogens is 1. The van der Waals surface area contributed by atoms with Crippen molar-refractivity contribution in [3.05, 3.63) is 23.9 Å². The fourth-order valence-electron chi connectivity index (χ4n) is 2.51. The zero-order valence-corrected chi connectivity index (χ0v) is 13.8. The number of pyridine rings is 1. The maximum absolute atomic E-state index is 11.6. The second-order valence-corrected chi connectivity index (χ2v) is 5.34. The molecule has 0 bridgehead atoms. The van der Waals surface area contributed by atoms with Crippen LogP contribution in [0.3, 0.4) is 0 Å². The lowest BCUT2D eigenvalue weighted by molar-refractivity contribution is -0.143. The molecule has 0 radical (unpaired) electrons. The molecule has 0 fully saturated rings. The Kier molecular flexibility index (Phi) is 8.52. The van der Waals surface area contributed by atoms with E-state index in [0.29, 0.717) is 31.9 Å². The average molecular weight is 338 g/mol. The summed E-state index contributed by atoms with van der Waals surface area (Å²) in [4.78, 5) is 15.8. The van der Waals surface area contributed by atoms with Crippen LogP contribution in [-0.4, -0.2) is 35.0 Å². The Hall–Kier alpha value is -2.39. The minimum absolute atomic E-state index is 0.249. The normalized spacial score (nSPS) is 14.0. The molecule has 0 amide bonds. The van der Waals surface area contributed by atoms with Gasteiger partial charge in [-0.15, -0.1) is 0 Å². The maximum atomic E-state index is 11.6. The topological polar surface area (TPSA) is 162 Å². The molecule has 0 saturated carbocycles. The summed E-state index contributed by atoms with van der Waals surface area (Å²) < 4.78 is 5.32. The Morgan fingerprint density at radius 3 is 2.67 bits per heavy atom. The average Bonchev–Trinajstić information content (AvgIpc) is 2.59. The summed E-state index contributed by atoms with van der Waals surface area (Å²) in [5.74, 6) is 9.49. The molecular formula is C15H26N6O3. The number of hydrogen-bond donors (Lipinski definition) is 5. The smallest absolute Gasteiger partial charge is 0.307 e. The fourth-order valence-corrected chi connectivity index (χ4v) is 2.51. The van der Waals surface area contributed by atoms with Crippen molar-refractivity contribution in [3.8, 4) is 5.88 Å². The van der Waals surface area contributed by atoms with Gasteiger partial charge in [-0.25, -0.2) is 10.8 Å². The molecule has 2 atom stereocenters. The minimum Gasteiger partial charge on any atom is -0.481 e. The summed E-state index contributed by atoms with van der Waals surface area (Å²) in [5.41, 5.74) is 8.61. The molecule has 1 aromatic heterocycles. The van der Waals surface area contributed by atoms with Crippen molar-refractivity contribution in [2.75, 3.05) is 13.2 Å². The number of aliphatic carboxylic acids is 1. The van der Waals surface area contributed by atoms with Gasteiger partial charge in [-0.2, -0.15) is 5.10 Å². The highest BCUT2D eigenvalue weighted by atomic mass is 16.5. The minimum atomic E-state index is -0.908. The summed E-state index contributed by atoms with van der Waals surface area (Å²) in [6, 6.07) is 3.54. The van der Waals surface area contributed by atoms with Gasteiger partial charge in [0, 0.05) is 24.7 Å². The van der Waals surface area contributed by atoms with Gasteiger partial charge in [0.05, 0.1) is 5.92 Å². The molecule has 134 valence electrons. The molecule has 1 aromatic rings. The van der Waals surface area contributed by atoms with Crippen molar-refractivity contribution in [3.63, 3.8) is 0 Å². The lowest BCUT2D eigenvalue weighted by atomic mass is 9.83. The molecule has 9 heteroatoms. The summed E-state index contributed by atoms with van der Waals surface area (Å²) >= 11 is 0. The third kappa shape index (κ3) is 5.67. The second kappa shape index (κ2) is 10.4. The number of hydrazone groups is 1. The number of rotatable bonds is 10. The second-order valence-electron chi connectivity index (χ2n) is 5.34. The molecule has 0 spiro atoms. The van der Waals surface area contributed by atoms with E-state index in [-0.39, 0.29) is 5.84 Å². The molecule has 8 N–H and O–H groups in total. The Labute approximate surface area is 141 Å². The molecule has 0 aromatic carbocycles. The molecule has 9 nitrogen and oxygen atoms in total. The molecule has 0 aliphatic heterocycles. The highest BCUT2D eigenvalue weighted by Crippen LogP contribution is 2.24. The first-order chi connectivity index (χ1) is 11.6. The number of hydrazine groups is 1. The lowest BCUT2D eigenvalue weighted by Gasteiger charge is -2.24. The van der Waals surface area contributed by atoms with E-state index in [4.69, 9.17) is 22.2 Å². The third-order valence-electron chi connectivity index (χ3n) is 3.66. The molecule has 0 saturated heterocycles. The van der Waals surface area contributed by atoms with Crippen LogP contribution in [0.15, 0.2) is 23.4 Å². The van der Waals surface area contributed by atoms with Crippen molar-refractivity contribution in [1.29, 1.82) is 0 Å². The Bertz CT molecular complexity index is 535. The van der Waals surface area contributed by atoms with E-state index < -0.39 is 17.8 Å². The van der Waals surface area contributed by atoms with E-state index >= 15 is 0 Å². The van der Waals surface area contributed by atoms with Gasteiger partial charge in [0.15, 0.2) is 0 Å². The highest BCUT2D eigenvalue weighted by molar-refractivity contribution is 5.88. The van der Waals surface area contributed by atoms with Crippen molar-refractivity contribution < 1.29 is 14.6 Å². The molecule has 0 aliphatic rings. The largest absolute Gasteiger partial charge is 0.481 e. The predicted octanol–water partition coefficient (Wildman–Crippen LogP) is -0.186. The third-order valence-corrected chi connectivity index (χ3v) is 3.66.